The molecule has 0 radical (unpaired) electrons. The normalized spacial score (nSPS) is 17.8. The van der Waals surface area contributed by atoms with E-state index >= 15 is 0 Å². The van der Waals surface area contributed by atoms with Crippen LogP contribution in [0.2, 0.25) is 0 Å². The zero-order valence-corrected chi connectivity index (χ0v) is 14.9. The van der Waals surface area contributed by atoms with E-state index in [1.165, 1.54) is 30.2 Å². The Labute approximate surface area is 136 Å². The lowest BCUT2D eigenvalue weighted by Gasteiger charge is -2.36. The van der Waals surface area contributed by atoms with Crippen LogP contribution in [0.3, 0.4) is 0 Å². The quantitative estimate of drug-likeness (QED) is 0.851. The van der Waals surface area contributed by atoms with Gasteiger partial charge in [-0.3, -0.25) is 4.79 Å². The maximum absolute atomic E-state index is 12.1. The van der Waals surface area contributed by atoms with Crippen molar-refractivity contribution in [3.05, 3.63) is 16.0 Å². The molecule has 0 fully saturated rings. The van der Waals surface area contributed by atoms with E-state index in [0.29, 0.717) is 21.9 Å². The molecule has 0 spiro atoms. The van der Waals surface area contributed by atoms with E-state index in [1.54, 1.807) is 0 Å². The first-order valence-electron chi connectivity index (χ1n) is 7.80. The highest BCUT2D eigenvalue weighted by atomic mass is 32.1. The molecule has 1 aliphatic rings. The lowest BCUT2D eigenvalue weighted by Crippen LogP contribution is -2.28. The third kappa shape index (κ3) is 3.19. The molecule has 1 aliphatic carbocycles. The van der Waals surface area contributed by atoms with Gasteiger partial charge in [-0.2, -0.15) is 0 Å². The third-order valence-corrected chi connectivity index (χ3v) is 6.13. The maximum atomic E-state index is 12.1. The number of hydrogen-bond acceptors (Lipinski definition) is 4. The summed E-state index contributed by atoms with van der Waals surface area (Å²) in [6, 6.07) is 0. The lowest BCUT2D eigenvalue weighted by atomic mass is 9.69. The molecule has 0 aromatic carbocycles. The SMILES string of the molecule is CCC(C)(C)C1CCc2c(sc(NC(C)=O)c2C(=O)OC)C1. The predicted octanol–water partition coefficient (Wildman–Crippen LogP) is 4.03. The third-order valence-electron chi connectivity index (χ3n) is 4.96. The second-order valence-electron chi connectivity index (χ2n) is 6.66. The summed E-state index contributed by atoms with van der Waals surface area (Å²) in [5, 5.41) is 3.43. The van der Waals surface area contributed by atoms with Crippen LogP contribution in [0.25, 0.3) is 0 Å². The van der Waals surface area contributed by atoms with E-state index in [4.69, 9.17) is 4.74 Å². The smallest absolute Gasteiger partial charge is 0.341 e. The van der Waals surface area contributed by atoms with Crippen molar-refractivity contribution in [2.75, 3.05) is 12.4 Å². The minimum Gasteiger partial charge on any atom is -0.465 e. The van der Waals surface area contributed by atoms with E-state index in [0.717, 1.165) is 31.2 Å². The Kier molecular flexibility index (Phi) is 4.95. The molecule has 1 aromatic rings. The van der Waals surface area contributed by atoms with E-state index in [2.05, 4.69) is 26.1 Å². The first-order chi connectivity index (χ1) is 10.3. The van der Waals surface area contributed by atoms with Crippen LogP contribution in [-0.4, -0.2) is 19.0 Å². The second-order valence-corrected chi connectivity index (χ2v) is 7.77. The number of fused-ring (bicyclic) bond motifs is 1. The minimum atomic E-state index is -0.352. The summed E-state index contributed by atoms with van der Waals surface area (Å²) in [5.74, 6) is 0.1000. The van der Waals surface area contributed by atoms with Gasteiger partial charge in [-0.05, 0) is 36.2 Å². The molecule has 2 rings (SSSR count). The average Bonchev–Trinajstić information content (AvgIpc) is 2.82. The van der Waals surface area contributed by atoms with Crippen molar-refractivity contribution in [3.8, 4) is 0 Å². The number of esters is 1. The van der Waals surface area contributed by atoms with E-state index in [9.17, 15) is 9.59 Å². The number of rotatable bonds is 4. The fraction of sp³-hybridized carbons (Fsp3) is 0.647. The van der Waals surface area contributed by atoms with E-state index in [1.807, 2.05) is 0 Å². The highest BCUT2D eigenvalue weighted by Gasteiger charge is 2.35. The Balaban J connectivity index is 2.39. The molecule has 22 heavy (non-hydrogen) atoms. The molecule has 1 aromatic heterocycles. The van der Waals surface area contributed by atoms with Crippen LogP contribution in [0.15, 0.2) is 0 Å². The molecule has 5 heteroatoms. The van der Waals surface area contributed by atoms with Crippen molar-refractivity contribution in [1.29, 1.82) is 0 Å². The Bertz CT molecular complexity index is 589. The number of thiophene rings is 1. The monoisotopic (exact) mass is 323 g/mol. The first-order valence-corrected chi connectivity index (χ1v) is 8.62. The Morgan fingerprint density at radius 2 is 2.09 bits per heavy atom. The lowest BCUT2D eigenvalue weighted by molar-refractivity contribution is -0.114. The summed E-state index contributed by atoms with van der Waals surface area (Å²) in [6.07, 6.45) is 4.07. The second kappa shape index (κ2) is 6.41. The van der Waals surface area contributed by atoms with Gasteiger partial charge in [0.2, 0.25) is 5.91 Å². The number of anilines is 1. The summed E-state index contributed by atoms with van der Waals surface area (Å²) in [5.41, 5.74) is 1.93. The fourth-order valence-corrected chi connectivity index (χ4v) is 4.47. The Morgan fingerprint density at radius 3 is 2.64 bits per heavy atom. The van der Waals surface area contributed by atoms with Crippen molar-refractivity contribution >= 4 is 28.2 Å². The van der Waals surface area contributed by atoms with Crippen LogP contribution in [0, 0.1) is 11.3 Å². The number of carbonyl (C=O) groups excluding carboxylic acids is 2. The molecule has 0 bridgehead atoms. The van der Waals surface area contributed by atoms with Crippen molar-refractivity contribution in [2.45, 2.75) is 53.4 Å². The van der Waals surface area contributed by atoms with Gasteiger partial charge in [0.1, 0.15) is 5.00 Å². The molecular weight excluding hydrogens is 298 g/mol. The number of amides is 1. The van der Waals surface area contributed by atoms with Crippen LogP contribution in [0.4, 0.5) is 5.00 Å². The molecule has 122 valence electrons. The zero-order valence-electron chi connectivity index (χ0n) is 14.0. The van der Waals surface area contributed by atoms with Gasteiger partial charge in [-0.1, -0.05) is 27.2 Å². The summed E-state index contributed by atoms with van der Waals surface area (Å²) >= 11 is 1.53. The largest absolute Gasteiger partial charge is 0.465 e. The maximum Gasteiger partial charge on any atom is 0.341 e. The van der Waals surface area contributed by atoms with E-state index in [-0.39, 0.29) is 11.9 Å². The standard InChI is InChI=1S/C17H25NO3S/c1-6-17(3,4)11-7-8-12-13(9-11)22-15(18-10(2)19)14(12)16(20)21-5/h11H,6-9H2,1-5H3,(H,18,19). The predicted molar refractivity (Wildman–Crippen MR) is 89.5 cm³/mol. The van der Waals surface area contributed by atoms with Gasteiger partial charge >= 0.3 is 5.97 Å². The number of hydrogen-bond donors (Lipinski definition) is 1. The highest BCUT2D eigenvalue weighted by Crippen LogP contribution is 2.45. The number of methoxy groups -OCH3 is 1. The van der Waals surface area contributed by atoms with Gasteiger partial charge in [-0.15, -0.1) is 11.3 Å². The molecule has 1 unspecified atom stereocenters. The molecule has 0 aliphatic heterocycles. The molecule has 1 amide bonds. The average molecular weight is 323 g/mol. The highest BCUT2D eigenvalue weighted by molar-refractivity contribution is 7.17. The number of carbonyl (C=O) groups is 2. The molecule has 0 saturated carbocycles. The molecule has 0 saturated heterocycles. The van der Waals surface area contributed by atoms with Crippen molar-refractivity contribution in [3.63, 3.8) is 0 Å². The number of ether oxygens (including phenoxy) is 1. The van der Waals surface area contributed by atoms with Crippen LogP contribution in [0.1, 0.15) is 61.3 Å². The summed E-state index contributed by atoms with van der Waals surface area (Å²) in [6.45, 7) is 8.31. The van der Waals surface area contributed by atoms with Gasteiger partial charge in [0, 0.05) is 11.8 Å². The van der Waals surface area contributed by atoms with Crippen molar-refractivity contribution in [1.82, 2.24) is 0 Å². The molecule has 1 atom stereocenters. The fourth-order valence-electron chi connectivity index (χ4n) is 3.11. The molecular formula is C17H25NO3S. The van der Waals surface area contributed by atoms with Gasteiger partial charge < -0.3 is 10.1 Å². The van der Waals surface area contributed by atoms with Crippen LogP contribution >= 0.6 is 11.3 Å². The van der Waals surface area contributed by atoms with Gasteiger partial charge in [0.05, 0.1) is 12.7 Å². The van der Waals surface area contributed by atoms with Gasteiger partial charge in [0.25, 0.3) is 0 Å². The van der Waals surface area contributed by atoms with Gasteiger partial charge in [0.15, 0.2) is 0 Å². The van der Waals surface area contributed by atoms with Crippen molar-refractivity contribution in [2.24, 2.45) is 11.3 Å². The van der Waals surface area contributed by atoms with Crippen molar-refractivity contribution < 1.29 is 14.3 Å². The molecule has 1 N–H and O–H groups in total. The van der Waals surface area contributed by atoms with E-state index < -0.39 is 0 Å². The van der Waals surface area contributed by atoms with Crippen LogP contribution in [0.5, 0.6) is 0 Å². The summed E-state index contributed by atoms with van der Waals surface area (Å²) in [7, 11) is 1.38. The minimum absolute atomic E-state index is 0.158. The first kappa shape index (κ1) is 17.0. The van der Waals surface area contributed by atoms with Crippen LogP contribution in [-0.2, 0) is 22.4 Å². The van der Waals surface area contributed by atoms with Gasteiger partial charge in [-0.25, -0.2) is 4.79 Å². The molecule has 4 nitrogen and oxygen atoms in total. The summed E-state index contributed by atoms with van der Waals surface area (Å²) < 4.78 is 4.91. The zero-order chi connectivity index (χ0) is 16.5. The Hall–Kier alpha value is -1.36. The topological polar surface area (TPSA) is 55.4 Å². The molecule has 1 heterocycles. The number of nitrogens with one attached hydrogen (secondary N) is 1. The van der Waals surface area contributed by atoms with Crippen LogP contribution < -0.4 is 5.32 Å². The Morgan fingerprint density at radius 1 is 1.41 bits per heavy atom. The summed E-state index contributed by atoms with van der Waals surface area (Å²) in [4.78, 5) is 24.7.